The molecule has 0 radical (unpaired) electrons. The molecule has 3 atom stereocenters. The Kier molecular flexibility index (Phi) is 5.04. The van der Waals surface area contributed by atoms with Gasteiger partial charge in [0, 0.05) is 12.0 Å². The van der Waals surface area contributed by atoms with Gasteiger partial charge in [-0.25, -0.2) is 0 Å². The van der Waals surface area contributed by atoms with Crippen molar-refractivity contribution >= 4 is 17.4 Å². The van der Waals surface area contributed by atoms with E-state index >= 15 is 0 Å². The molecule has 3 aliphatic carbocycles. The number of allylic oxidation sites excluding steroid dienone is 4. The van der Waals surface area contributed by atoms with Crippen LogP contribution in [0.15, 0.2) is 53.3 Å². The second kappa shape index (κ2) is 7.45. The summed E-state index contributed by atoms with van der Waals surface area (Å²) in [4.78, 5) is 25.7. The number of carbonyl (C=O) groups is 2. The highest BCUT2D eigenvalue weighted by Crippen LogP contribution is 2.52. The molecule has 3 unspecified atom stereocenters. The molecule has 6 nitrogen and oxygen atoms in total. The number of hydrogen-bond acceptors (Lipinski definition) is 5. The lowest BCUT2D eigenvalue weighted by Crippen LogP contribution is -2.43. The van der Waals surface area contributed by atoms with Gasteiger partial charge in [0.05, 0.1) is 17.1 Å². The fourth-order valence-corrected chi connectivity index (χ4v) is 5.62. The molecule has 1 aromatic carbocycles. The Morgan fingerprint density at radius 3 is 2.55 bits per heavy atom. The summed E-state index contributed by atoms with van der Waals surface area (Å²) in [5.74, 6) is -2.41. The van der Waals surface area contributed by atoms with Crippen molar-refractivity contribution in [3.63, 3.8) is 0 Å². The number of rotatable bonds is 3. The number of aliphatic hydroxyl groups is 2. The number of Topliss-reactive ketones (excluding diaryl/α,β-unsaturated/α-hetero) is 1. The lowest BCUT2D eigenvalue weighted by Gasteiger charge is -2.43. The summed E-state index contributed by atoms with van der Waals surface area (Å²) >= 11 is 0. The molecule has 0 heterocycles. The number of carbonyl (C=O) groups excluding carboxylic acids is 2. The summed E-state index contributed by atoms with van der Waals surface area (Å²) in [6.45, 7) is 7.76. The average molecular weight is 421 g/mol. The zero-order chi connectivity index (χ0) is 22.6. The van der Waals surface area contributed by atoms with Gasteiger partial charge in [-0.1, -0.05) is 38.6 Å². The minimum Gasteiger partial charge on any atom is -0.511 e. The zero-order valence-corrected chi connectivity index (χ0v) is 17.7. The Morgan fingerprint density at radius 1 is 1.23 bits per heavy atom. The third kappa shape index (κ3) is 3.09. The normalized spacial score (nSPS) is 26.6. The minimum absolute atomic E-state index is 0.0470. The van der Waals surface area contributed by atoms with Crippen molar-refractivity contribution in [3.8, 4) is 5.75 Å². The summed E-state index contributed by atoms with van der Waals surface area (Å²) in [5, 5.41) is 32.2. The maximum atomic E-state index is 13.7. The third-order valence-corrected chi connectivity index (χ3v) is 6.82. The van der Waals surface area contributed by atoms with Crippen molar-refractivity contribution in [1.29, 1.82) is 0 Å². The first-order valence-electron chi connectivity index (χ1n) is 10.5. The molecule has 4 rings (SSSR count). The number of nitrogens with two attached hydrogens (primary N) is 1. The summed E-state index contributed by atoms with van der Waals surface area (Å²) in [6.07, 6.45) is 4.26. The van der Waals surface area contributed by atoms with E-state index in [1.54, 1.807) is 6.07 Å². The van der Waals surface area contributed by atoms with Crippen LogP contribution in [0.5, 0.6) is 5.75 Å². The average Bonchev–Trinajstić information content (AvgIpc) is 2.67. The van der Waals surface area contributed by atoms with Crippen molar-refractivity contribution in [2.24, 2.45) is 23.5 Å². The number of amides is 1. The minimum atomic E-state index is -0.801. The lowest BCUT2D eigenvalue weighted by molar-refractivity contribution is -0.122. The van der Waals surface area contributed by atoms with Gasteiger partial charge in [0.25, 0.3) is 5.91 Å². The fraction of sp³-hybridized carbons (Fsp3) is 0.360. The van der Waals surface area contributed by atoms with Gasteiger partial charge in [0.2, 0.25) is 0 Å². The van der Waals surface area contributed by atoms with Gasteiger partial charge in [-0.05, 0) is 53.4 Å². The molecular weight excluding hydrogens is 394 g/mol. The van der Waals surface area contributed by atoms with Gasteiger partial charge in [-0.15, -0.1) is 0 Å². The topological polar surface area (TPSA) is 121 Å². The van der Waals surface area contributed by atoms with Crippen LogP contribution >= 0.6 is 0 Å². The largest absolute Gasteiger partial charge is 0.511 e. The SMILES string of the molecule is C=C/C=C1/C(C(N)=O)=C(O)CC2CC3Cc4c(C(C)C)ccc(O)c4C(O)=C3C(=O)C12. The molecule has 0 aliphatic heterocycles. The van der Waals surface area contributed by atoms with E-state index < -0.39 is 11.8 Å². The summed E-state index contributed by atoms with van der Waals surface area (Å²) < 4.78 is 0. The molecule has 3 aliphatic rings. The molecule has 0 aromatic heterocycles. The Morgan fingerprint density at radius 2 is 1.94 bits per heavy atom. The molecule has 0 saturated heterocycles. The van der Waals surface area contributed by atoms with E-state index in [1.165, 1.54) is 12.2 Å². The van der Waals surface area contributed by atoms with Crippen LogP contribution in [0.25, 0.3) is 5.76 Å². The van der Waals surface area contributed by atoms with Gasteiger partial charge in [-0.3, -0.25) is 9.59 Å². The van der Waals surface area contributed by atoms with Gasteiger partial charge >= 0.3 is 0 Å². The fourth-order valence-electron chi connectivity index (χ4n) is 5.62. The van der Waals surface area contributed by atoms with Crippen LogP contribution in [0.3, 0.4) is 0 Å². The Hall–Kier alpha value is -3.28. The number of benzene rings is 1. The predicted octanol–water partition coefficient (Wildman–Crippen LogP) is 3.98. The Balaban J connectivity index is 1.90. The molecule has 31 heavy (non-hydrogen) atoms. The maximum Gasteiger partial charge on any atom is 0.252 e. The van der Waals surface area contributed by atoms with E-state index in [0.717, 1.165) is 11.1 Å². The lowest BCUT2D eigenvalue weighted by atomic mass is 9.59. The highest BCUT2D eigenvalue weighted by Gasteiger charge is 2.49. The number of ketones is 1. The van der Waals surface area contributed by atoms with Gasteiger partial charge in [0.1, 0.15) is 17.3 Å². The molecule has 0 bridgehead atoms. The third-order valence-electron chi connectivity index (χ3n) is 6.82. The van der Waals surface area contributed by atoms with Crippen LogP contribution in [-0.2, 0) is 16.0 Å². The number of primary amides is 1. The molecule has 1 aromatic rings. The van der Waals surface area contributed by atoms with E-state index in [0.29, 0.717) is 24.0 Å². The highest BCUT2D eigenvalue weighted by molar-refractivity contribution is 6.09. The Labute approximate surface area is 181 Å². The zero-order valence-electron chi connectivity index (χ0n) is 17.7. The number of phenolic OH excluding ortho intramolecular Hbond substituents is 1. The first kappa shape index (κ1) is 21.0. The van der Waals surface area contributed by atoms with E-state index in [1.807, 2.05) is 19.9 Å². The quantitative estimate of drug-likeness (QED) is 0.588. The van der Waals surface area contributed by atoms with Gasteiger partial charge in [0.15, 0.2) is 5.78 Å². The second-order valence-corrected chi connectivity index (χ2v) is 8.93. The van der Waals surface area contributed by atoms with Crippen LogP contribution in [0, 0.1) is 17.8 Å². The number of hydrogen-bond donors (Lipinski definition) is 4. The summed E-state index contributed by atoms with van der Waals surface area (Å²) in [5.41, 5.74) is 8.29. The van der Waals surface area contributed by atoms with Crippen LogP contribution in [0.4, 0.5) is 0 Å². The Bertz CT molecular complexity index is 1110. The van der Waals surface area contributed by atoms with E-state index in [9.17, 15) is 24.9 Å². The van der Waals surface area contributed by atoms with E-state index in [-0.39, 0.29) is 58.4 Å². The highest BCUT2D eigenvalue weighted by atomic mass is 16.3. The van der Waals surface area contributed by atoms with E-state index in [2.05, 4.69) is 6.58 Å². The van der Waals surface area contributed by atoms with Gasteiger partial charge < -0.3 is 21.1 Å². The van der Waals surface area contributed by atoms with Crippen molar-refractivity contribution < 1.29 is 24.9 Å². The molecule has 162 valence electrons. The van der Waals surface area contributed by atoms with Crippen LogP contribution in [0.1, 0.15) is 49.3 Å². The van der Waals surface area contributed by atoms with Crippen LogP contribution in [0.2, 0.25) is 0 Å². The molecule has 1 saturated carbocycles. The van der Waals surface area contributed by atoms with Crippen LogP contribution in [-0.4, -0.2) is 27.0 Å². The number of aliphatic hydroxyl groups excluding tert-OH is 2. The van der Waals surface area contributed by atoms with E-state index in [4.69, 9.17) is 5.73 Å². The standard InChI is InChI=1S/C25H27NO5/c1-4-5-15-19-13(10-18(28)22(15)25(26)31)8-12-9-16-14(11(2)3)6-7-17(27)21(16)24(30)20(12)23(19)29/h4-7,11-13,19,27-28,30H,1,8-10H2,2-3H3,(H2,26,31)/b15-5+. The second-order valence-electron chi connectivity index (χ2n) is 8.93. The number of aromatic hydroxyl groups is 1. The first-order chi connectivity index (χ1) is 14.7. The predicted molar refractivity (Wildman–Crippen MR) is 117 cm³/mol. The molecule has 6 heteroatoms. The smallest absolute Gasteiger partial charge is 0.252 e. The summed E-state index contributed by atoms with van der Waals surface area (Å²) in [6, 6.07) is 3.42. The van der Waals surface area contributed by atoms with Crippen molar-refractivity contribution in [3.05, 3.63) is 70.0 Å². The van der Waals surface area contributed by atoms with Gasteiger partial charge in [-0.2, -0.15) is 0 Å². The molecule has 5 N–H and O–H groups in total. The molecule has 0 spiro atoms. The first-order valence-corrected chi connectivity index (χ1v) is 10.5. The summed E-state index contributed by atoms with van der Waals surface area (Å²) in [7, 11) is 0. The molecule has 1 fully saturated rings. The van der Waals surface area contributed by atoms with Crippen molar-refractivity contribution in [2.45, 2.75) is 39.0 Å². The number of phenols is 1. The van der Waals surface area contributed by atoms with Crippen molar-refractivity contribution in [1.82, 2.24) is 0 Å². The van der Waals surface area contributed by atoms with Crippen LogP contribution < -0.4 is 5.73 Å². The molecular formula is C25H27NO5. The molecule has 1 amide bonds. The van der Waals surface area contributed by atoms with Crippen molar-refractivity contribution in [2.75, 3.05) is 0 Å². The number of fused-ring (bicyclic) bond motifs is 3. The monoisotopic (exact) mass is 421 g/mol. The maximum absolute atomic E-state index is 13.7.